The Morgan fingerprint density at radius 2 is 2.05 bits per heavy atom. The summed E-state index contributed by atoms with van der Waals surface area (Å²) in [5.41, 5.74) is 0.819. The number of aromatic nitrogens is 2. The summed E-state index contributed by atoms with van der Waals surface area (Å²) in [5, 5.41) is 15.5. The summed E-state index contributed by atoms with van der Waals surface area (Å²) >= 11 is 0. The molecule has 0 atom stereocenters. The van der Waals surface area contributed by atoms with E-state index in [1.165, 1.54) is 0 Å². The van der Waals surface area contributed by atoms with Crippen molar-refractivity contribution in [3.05, 3.63) is 47.7 Å². The molecule has 1 heterocycles. The van der Waals surface area contributed by atoms with Gasteiger partial charge in [0, 0.05) is 24.9 Å². The average molecular weight is 259 g/mol. The number of carboxylic acids is 1. The van der Waals surface area contributed by atoms with Gasteiger partial charge in [-0.05, 0) is 11.6 Å². The van der Waals surface area contributed by atoms with E-state index in [2.05, 4.69) is 10.4 Å². The molecule has 0 fully saturated rings. The van der Waals surface area contributed by atoms with Crippen molar-refractivity contribution in [1.29, 1.82) is 0 Å². The summed E-state index contributed by atoms with van der Waals surface area (Å²) < 4.78 is 1.57. The molecule has 2 N–H and O–H groups in total. The Labute approximate surface area is 109 Å². The fourth-order valence-electron chi connectivity index (χ4n) is 1.72. The van der Waals surface area contributed by atoms with E-state index in [4.69, 9.17) is 5.11 Å². The number of hydrogen-bond donors (Lipinski definition) is 2. The Balaban J connectivity index is 2.21. The predicted molar refractivity (Wildman–Crippen MR) is 68.9 cm³/mol. The van der Waals surface area contributed by atoms with Crippen LogP contribution in [-0.2, 0) is 18.3 Å². The molecule has 0 saturated carbocycles. The van der Waals surface area contributed by atoms with Crippen LogP contribution in [0, 0.1) is 0 Å². The van der Waals surface area contributed by atoms with Crippen LogP contribution in [0.15, 0.2) is 36.5 Å². The minimum absolute atomic E-state index is 0.189. The van der Waals surface area contributed by atoms with E-state index >= 15 is 0 Å². The molecule has 0 aliphatic carbocycles. The molecule has 2 aromatic rings. The molecule has 6 heteroatoms. The third-order valence-corrected chi connectivity index (χ3v) is 2.56. The van der Waals surface area contributed by atoms with Crippen molar-refractivity contribution in [2.75, 3.05) is 5.32 Å². The van der Waals surface area contributed by atoms with Gasteiger partial charge >= 0.3 is 5.97 Å². The molecule has 0 unspecified atom stereocenters. The van der Waals surface area contributed by atoms with Crippen molar-refractivity contribution in [1.82, 2.24) is 9.78 Å². The highest BCUT2D eigenvalue weighted by molar-refractivity contribution is 6.05. The number of aliphatic carboxylic acids is 1. The summed E-state index contributed by atoms with van der Waals surface area (Å²) in [6.07, 6.45) is 1.52. The summed E-state index contributed by atoms with van der Waals surface area (Å²) in [7, 11) is 1.74. The van der Waals surface area contributed by atoms with Crippen LogP contribution in [0.5, 0.6) is 0 Å². The molecule has 1 aromatic heterocycles. The highest BCUT2D eigenvalue weighted by Crippen LogP contribution is 2.12. The van der Waals surface area contributed by atoms with Gasteiger partial charge in [0.25, 0.3) is 5.91 Å². The number of carboxylic acid groups (broad SMARTS) is 1. The molecule has 0 aliphatic rings. The van der Waals surface area contributed by atoms with Crippen LogP contribution in [0.1, 0.15) is 15.9 Å². The summed E-state index contributed by atoms with van der Waals surface area (Å²) in [6, 6.07) is 8.28. The Kier molecular flexibility index (Phi) is 3.61. The normalized spacial score (nSPS) is 10.2. The second-order valence-electron chi connectivity index (χ2n) is 4.06. The number of benzene rings is 1. The quantitative estimate of drug-likeness (QED) is 0.866. The molecule has 98 valence electrons. The number of anilines is 1. The molecule has 19 heavy (non-hydrogen) atoms. The molecular weight excluding hydrogens is 246 g/mol. The van der Waals surface area contributed by atoms with Gasteiger partial charge in [-0.1, -0.05) is 18.2 Å². The van der Waals surface area contributed by atoms with E-state index in [-0.39, 0.29) is 12.3 Å². The first-order valence-electron chi connectivity index (χ1n) is 5.67. The third kappa shape index (κ3) is 3.19. The highest BCUT2D eigenvalue weighted by Gasteiger charge is 2.13. The summed E-state index contributed by atoms with van der Waals surface area (Å²) in [6.45, 7) is 0. The molecule has 0 bridgehead atoms. The number of rotatable bonds is 4. The van der Waals surface area contributed by atoms with Gasteiger partial charge in [0.05, 0.1) is 6.42 Å². The zero-order valence-electron chi connectivity index (χ0n) is 10.3. The first kappa shape index (κ1) is 12.8. The molecule has 6 nitrogen and oxygen atoms in total. The van der Waals surface area contributed by atoms with Crippen LogP contribution in [0.4, 0.5) is 5.82 Å². The van der Waals surface area contributed by atoms with Crippen LogP contribution in [0.2, 0.25) is 0 Å². The van der Waals surface area contributed by atoms with Crippen LogP contribution < -0.4 is 5.32 Å². The smallest absolute Gasteiger partial charge is 0.307 e. The molecule has 2 rings (SSSR count). The van der Waals surface area contributed by atoms with Gasteiger partial charge in [-0.25, -0.2) is 0 Å². The maximum Gasteiger partial charge on any atom is 0.307 e. The SMILES string of the molecule is Cn1ccc(NC(=O)c2ccccc2CC(=O)O)n1. The molecule has 0 saturated heterocycles. The minimum atomic E-state index is -0.974. The van der Waals surface area contributed by atoms with Gasteiger partial charge in [0.2, 0.25) is 0 Å². The van der Waals surface area contributed by atoms with Crippen molar-refractivity contribution in [3.63, 3.8) is 0 Å². The number of amides is 1. The standard InChI is InChI=1S/C13H13N3O3/c1-16-7-6-11(15-16)14-13(19)10-5-3-2-4-9(10)8-12(17)18/h2-7H,8H2,1H3,(H,17,18)(H,14,15,19). The van der Waals surface area contributed by atoms with Gasteiger partial charge in [0.1, 0.15) is 0 Å². The van der Waals surface area contributed by atoms with E-state index in [1.54, 1.807) is 48.3 Å². The number of hydrogen-bond acceptors (Lipinski definition) is 3. The second-order valence-corrected chi connectivity index (χ2v) is 4.06. The lowest BCUT2D eigenvalue weighted by Crippen LogP contribution is -2.16. The van der Waals surface area contributed by atoms with Crippen molar-refractivity contribution in [2.45, 2.75) is 6.42 Å². The summed E-state index contributed by atoms with van der Waals surface area (Å²) in [4.78, 5) is 22.8. The van der Waals surface area contributed by atoms with Crippen molar-refractivity contribution in [3.8, 4) is 0 Å². The molecular formula is C13H13N3O3. The third-order valence-electron chi connectivity index (χ3n) is 2.56. The maximum absolute atomic E-state index is 12.1. The lowest BCUT2D eigenvalue weighted by atomic mass is 10.0. The number of aryl methyl sites for hydroxylation is 1. The highest BCUT2D eigenvalue weighted by atomic mass is 16.4. The average Bonchev–Trinajstić information content (AvgIpc) is 2.74. The zero-order valence-corrected chi connectivity index (χ0v) is 10.3. The van der Waals surface area contributed by atoms with E-state index in [0.717, 1.165) is 0 Å². The lowest BCUT2D eigenvalue weighted by molar-refractivity contribution is -0.136. The first-order chi connectivity index (χ1) is 9.06. The van der Waals surface area contributed by atoms with E-state index in [9.17, 15) is 9.59 Å². The fourth-order valence-corrected chi connectivity index (χ4v) is 1.72. The Morgan fingerprint density at radius 3 is 2.68 bits per heavy atom. The second kappa shape index (κ2) is 5.34. The van der Waals surface area contributed by atoms with Gasteiger partial charge in [-0.15, -0.1) is 0 Å². The van der Waals surface area contributed by atoms with Crippen molar-refractivity contribution in [2.24, 2.45) is 7.05 Å². The van der Waals surface area contributed by atoms with E-state index in [0.29, 0.717) is 16.9 Å². The Bertz CT molecular complexity index is 619. The van der Waals surface area contributed by atoms with Gasteiger partial charge in [-0.3, -0.25) is 14.3 Å². The number of nitrogens with one attached hydrogen (secondary N) is 1. The molecule has 0 aliphatic heterocycles. The number of carbonyl (C=O) groups excluding carboxylic acids is 1. The number of nitrogens with zero attached hydrogens (tertiary/aromatic N) is 2. The lowest BCUT2D eigenvalue weighted by Gasteiger charge is -2.07. The molecule has 0 radical (unpaired) electrons. The topological polar surface area (TPSA) is 84.2 Å². The first-order valence-corrected chi connectivity index (χ1v) is 5.67. The monoisotopic (exact) mass is 259 g/mol. The van der Waals surface area contributed by atoms with Crippen LogP contribution in [0.3, 0.4) is 0 Å². The molecule has 1 amide bonds. The maximum atomic E-state index is 12.1. The van der Waals surface area contributed by atoms with Crippen molar-refractivity contribution >= 4 is 17.7 Å². The van der Waals surface area contributed by atoms with Crippen LogP contribution >= 0.6 is 0 Å². The predicted octanol–water partition coefficient (Wildman–Crippen LogP) is 1.30. The van der Waals surface area contributed by atoms with Gasteiger partial charge in [0.15, 0.2) is 5.82 Å². The Hall–Kier alpha value is -2.63. The minimum Gasteiger partial charge on any atom is -0.481 e. The fraction of sp³-hybridized carbons (Fsp3) is 0.154. The van der Waals surface area contributed by atoms with Gasteiger partial charge in [-0.2, -0.15) is 5.10 Å². The van der Waals surface area contributed by atoms with Crippen LogP contribution in [-0.4, -0.2) is 26.8 Å². The summed E-state index contributed by atoms with van der Waals surface area (Å²) in [5.74, 6) is -0.911. The zero-order chi connectivity index (χ0) is 13.8. The molecule has 0 spiro atoms. The van der Waals surface area contributed by atoms with Gasteiger partial charge < -0.3 is 10.4 Å². The van der Waals surface area contributed by atoms with Crippen LogP contribution in [0.25, 0.3) is 0 Å². The van der Waals surface area contributed by atoms with E-state index < -0.39 is 5.97 Å². The molecule has 1 aromatic carbocycles. The largest absolute Gasteiger partial charge is 0.481 e. The number of carbonyl (C=O) groups is 2. The van der Waals surface area contributed by atoms with Crippen molar-refractivity contribution < 1.29 is 14.7 Å². The van der Waals surface area contributed by atoms with E-state index in [1.807, 2.05) is 0 Å². The Morgan fingerprint density at radius 1 is 1.32 bits per heavy atom.